The smallest absolute Gasteiger partial charge is 0.253 e. The minimum atomic E-state index is -0.0708. The van der Waals surface area contributed by atoms with Crippen LogP contribution in [0.15, 0.2) is 29.2 Å². The van der Waals surface area contributed by atoms with Crippen molar-refractivity contribution >= 4 is 18.5 Å². The molecule has 0 spiro atoms. The van der Waals surface area contributed by atoms with Crippen LogP contribution in [0.1, 0.15) is 16.8 Å². The van der Waals surface area contributed by atoms with Crippen LogP contribution < -0.4 is 0 Å². The highest BCUT2D eigenvalue weighted by Gasteiger charge is 2.10. The van der Waals surface area contributed by atoms with Crippen LogP contribution in [0, 0.1) is 11.3 Å². The van der Waals surface area contributed by atoms with Crippen molar-refractivity contribution < 1.29 is 4.79 Å². The maximum absolute atomic E-state index is 11.8. The number of benzene rings is 1. The first-order valence-electron chi connectivity index (χ1n) is 4.56. The van der Waals surface area contributed by atoms with Crippen LogP contribution in [-0.2, 0) is 0 Å². The highest BCUT2D eigenvalue weighted by molar-refractivity contribution is 7.80. The summed E-state index contributed by atoms with van der Waals surface area (Å²) in [5, 5.41) is 8.41. The zero-order valence-electron chi connectivity index (χ0n) is 8.47. The van der Waals surface area contributed by atoms with Gasteiger partial charge in [-0.05, 0) is 24.3 Å². The Labute approximate surface area is 94.7 Å². The summed E-state index contributed by atoms with van der Waals surface area (Å²) in [4.78, 5) is 14.1. The molecule has 1 aromatic carbocycles. The second-order valence-electron chi connectivity index (χ2n) is 3.18. The minimum Gasteiger partial charge on any atom is -0.341 e. The number of carbonyl (C=O) groups excluding carboxylic acids is 1. The number of hydrogen-bond acceptors (Lipinski definition) is 3. The number of rotatable bonds is 3. The maximum Gasteiger partial charge on any atom is 0.253 e. The molecule has 0 saturated carbocycles. The van der Waals surface area contributed by atoms with E-state index in [9.17, 15) is 4.79 Å². The molecule has 0 aliphatic rings. The molecule has 15 heavy (non-hydrogen) atoms. The molecule has 78 valence electrons. The predicted molar refractivity (Wildman–Crippen MR) is 60.9 cm³/mol. The van der Waals surface area contributed by atoms with Crippen molar-refractivity contribution in [2.45, 2.75) is 11.3 Å². The predicted octanol–water partition coefficient (Wildman–Crippen LogP) is 1.96. The Balaban J connectivity index is 2.68. The Morgan fingerprint density at radius 1 is 1.47 bits per heavy atom. The van der Waals surface area contributed by atoms with Crippen molar-refractivity contribution in [2.24, 2.45) is 0 Å². The molecule has 1 aromatic rings. The van der Waals surface area contributed by atoms with E-state index in [1.807, 2.05) is 6.07 Å². The lowest BCUT2D eigenvalue weighted by Gasteiger charge is -2.15. The molecule has 0 radical (unpaired) electrons. The summed E-state index contributed by atoms with van der Waals surface area (Å²) in [6.07, 6.45) is 0.354. The molecule has 0 unspecified atom stereocenters. The molecule has 4 heteroatoms. The van der Waals surface area contributed by atoms with Crippen molar-refractivity contribution in [3.05, 3.63) is 29.8 Å². The third-order valence-electron chi connectivity index (χ3n) is 2.02. The van der Waals surface area contributed by atoms with Crippen molar-refractivity contribution in [1.29, 1.82) is 5.26 Å². The number of hydrogen-bond donors (Lipinski definition) is 1. The summed E-state index contributed by atoms with van der Waals surface area (Å²) in [5.74, 6) is -0.0708. The Morgan fingerprint density at radius 3 is 2.60 bits per heavy atom. The topological polar surface area (TPSA) is 44.1 Å². The third kappa shape index (κ3) is 3.30. The van der Waals surface area contributed by atoms with Crippen LogP contribution in [0.3, 0.4) is 0 Å². The Bertz CT molecular complexity index is 381. The van der Waals surface area contributed by atoms with E-state index >= 15 is 0 Å². The van der Waals surface area contributed by atoms with Gasteiger partial charge >= 0.3 is 0 Å². The van der Waals surface area contributed by atoms with Gasteiger partial charge in [-0.2, -0.15) is 5.26 Å². The molecule has 1 rings (SSSR count). The SMILES string of the molecule is CN(CCC#N)C(=O)c1ccc(S)cc1. The fourth-order valence-corrected chi connectivity index (χ4v) is 1.29. The minimum absolute atomic E-state index is 0.0708. The van der Waals surface area contributed by atoms with E-state index in [0.717, 1.165) is 4.90 Å². The first-order chi connectivity index (χ1) is 7.15. The lowest BCUT2D eigenvalue weighted by Crippen LogP contribution is -2.27. The highest BCUT2D eigenvalue weighted by Crippen LogP contribution is 2.09. The molecular formula is C11H12N2OS. The van der Waals surface area contributed by atoms with Gasteiger partial charge in [0, 0.05) is 24.1 Å². The van der Waals surface area contributed by atoms with Gasteiger partial charge < -0.3 is 4.90 Å². The molecule has 0 saturated heterocycles. The van der Waals surface area contributed by atoms with Gasteiger partial charge in [0.2, 0.25) is 0 Å². The molecule has 0 heterocycles. The molecule has 0 atom stereocenters. The van der Waals surface area contributed by atoms with E-state index < -0.39 is 0 Å². The molecule has 0 bridgehead atoms. The molecule has 3 nitrogen and oxygen atoms in total. The zero-order chi connectivity index (χ0) is 11.3. The van der Waals surface area contributed by atoms with Crippen LogP contribution in [0.2, 0.25) is 0 Å². The van der Waals surface area contributed by atoms with Crippen LogP contribution in [0.4, 0.5) is 0 Å². The van der Waals surface area contributed by atoms with Crippen LogP contribution >= 0.6 is 12.6 Å². The number of nitrogens with zero attached hydrogens (tertiary/aromatic N) is 2. The summed E-state index contributed by atoms with van der Waals surface area (Å²) in [6.45, 7) is 0.456. The Kier molecular flexibility index (Phi) is 4.19. The van der Waals surface area contributed by atoms with Crippen molar-refractivity contribution in [1.82, 2.24) is 4.90 Å². The van der Waals surface area contributed by atoms with Gasteiger partial charge in [0.05, 0.1) is 12.5 Å². The van der Waals surface area contributed by atoms with Crippen molar-refractivity contribution in [3.8, 4) is 6.07 Å². The van der Waals surface area contributed by atoms with Gasteiger partial charge in [0.15, 0.2) is 0 Å². The van der Waals surface area contributed by atoms with E-state index in [4.69, 9.17) is 5.26 Å². The molecule has 1 amide bonds. The Hall–Kier alpha value is -1.47. The van der Waals surface area contributed by atoms with Gasteiger partial charge in [-0.25, -0.2) is 0 Å². The number of amides is 1. The van der Waals surface area contributed by atoms with E-state index in [2.05, 4.69) is 12.6 Å². The van der Waals surface area contributed by atoms with E-state index in [1.54, 1.807) is 31.3 Å². The molecular weight excluding hydrogens is 208 g/mol. The molecule has 0 aliphatic heterocycles. The molecule has 0 aliphatic carbocycles. The first-order valence-corrected chi connectivity index (χ1v) is 5.01. The standard InChI is InChI=1S/C11H12N2OS/c1-13(8-2-7-12)11(14)9-3-5-10(15)6-4-9/h3-6,15H,2,8H2,1H3. The van der Waals surface area contributed by atoms with Gasteiger partial charge in [-0.1, -0.05) is 0 Å². The normalized spacial score (nSPS) is 9.40. The largest absolute Gasteiger partial charge is 0.341 e. The van der Waals surface area contributed by atoms with Crippen molar-refractivity contribution in [2.75, 3.05) is 13.6 Å². The second-order valence-corrected chi connectivity index (χ2v) is 3.70. The molecule has 0 aromatic heterocycles. The summed E-state index contributed by atoms with van der Waals surface area (Å²) in [7, 11) is 1.69. The van der Waals surface area contributed by atoms with E-state index in [-0.39, 0.29) is 5.91 Å². The summed E-state index contributed by atoms with van der Waals surface area (Å²) in [6, 6.07) is 9.01. The molecule has 0 fully saturated rings. The zero-order valence-corrected chi connectivity index (χ0v) is 9.37. The summed E-state index contributed by atoms with van der Waals surface area (Å²) >= 11 is 4.14. The fourth-order valence-electron chi connectivity index (χ4n) is 1.14. The van der Waals surface area contributed by atoms with E-state index in [0.29, 0.717) is 18.5 Å². The number of carbonyl (C=O) groups is 1. The van der Waals surface area contributed by atoms with Crippen LogP contribution in [0.25, 0.3) is 0 Å². The average Bonchev–Trinajstić information content (AvgIpc) is 2.26. The highest BCUT2D eigenvalue weighted by atomic mass is 32.1. The van der Waals surface area contributed by atoms with Gasteiger partial charge in [0.25, 0.3) is 5.91 Å². The molecule has 0 N–H and O–H groups in total. The first kappa shape index (κ1) is 11.6. The van der Waals surface area contributed by atoms with Gasteiger partial charge in [0.1, 0.15) is 0 Å². The lowest BCUT2D eigenvalue weighted by molar-refractivity contribution is 0.0798. The summed E-state index contributed by atoms with van der Waals surface area (Å²) in [5.41, 5.74) is 0.619. The maximum atomic E-state index is 11.8. The van der Waals surface area contributed by atoms with Crippen LogP contribution in [-0.4, -0.2) is 24.4 Å². The van der Waals surface area contributed by atoms with E-state index in [1.165, 1.54) is 4.90 Å². The third-order valence-corrected chi connectivity index (χ3v) is 2.32. The monoisotopic (exact) mass is 220 g/mol. The summed E-state index contributed by atoms with van der Waals surface area (Å²) < 4.78 is 0. The average molecular weight is 220 g/mol. The lowest BCUT2D eigenvalue weighted by atomic mass is 10.2. The number of nitriles is 1. The van der Waals surface area contributed by atoms with Gasteiger partial charge in [-0.15, -0.1) is 12.6 Å². The fraction of sp³-hybridized carbons (Fsp3) is 0.273. The van der Waals surface area contributed by atoms with Crippen molar-refractivity contribution in [3.63, 3.8) is 0 Å². The van der Waals surface area contributed by atoms with Gasteiger partial charge in [-0.3, -0.25) is 4.79 Å². The van der Waals surface area contributed by atoms with Crippen LogP contribution in [0.5, 0.6) is 0 Å². The number of thiol groups is 1. The quantitative estimate of drug-likeness (QED) is 0.791. The Morgan fingerprint density at radius 2 is 2.07 bits per heavy atom. The second kappa shape index (κ2) is 5.42.